The molecule has 0 aliphatic carbocycles. The van der Waals surface area contributed by atoms with Crippen LogP contribution < -0.4 is 9.47 Å². The summed E-state index contributed by atoms with van der Waals surface area (Å²) >= 11 is 0. The molecular formula is C18H17NO4. The number of amides is 1. The zero-order valence-electron chi connectivity index (χ0n) is 12.6. The van der Waals surface area contributed by atoms with E-state index in [0.717, 1.165) is 11.1 Å². The van der Waals surface area contributed by atoms with Gasteiger partial charge in [0.2, 0.25) is 6.79 Å². The molecular weight excluding hydrogens is 294 g/mol. The summed E-state index contributed by atoms with van der Waals surface area (Å²) in [5.74, 6) is 1.01. The minimum atomic E-state index is -0.537. The number of rotatable bonds is 1. The molecule has 0 aromatic heterocycles. The number of hydrogen-bond acceptors (Lipinski definition) is 4. The van der Waals surface area contributed by atoms with Crippen molar-refractivity contribution >= 4 is 5.91 Å². The van der Waals surface area contributed by atoms with Crippen LogP contribution in [-0.2, 0) is 6.54 Å². The Hall–Kier alpha value is -2.53. The van der Waals surface area contributed by atoms with Gasteiger partial charge in [-0.15, -0.1) is 0 Å². The smallest absolute Gasteiger partial charge is 0.258 e. The van der Waals surface area contributed by atoms with Crippen LogP contribution in [0.3, 0.4) is 0 Å². The fourth-order valence-corrected chi connectivity index (χ4v) is 3.16. The van der Waals surface area contributed by atoms with Gasteiger partial charge in [-0.05, 0) is 29.7 Å². The summed E-state index contributed by atoms with van der Waals surface area (Å²) in [6, 6.07) is 13.1. The molecule has 1 N–H and O–H groups in total. The average Bonchev–Trinajstić information content (AvgIpc) is 3.00. The first kappa shape index (κ1) is 14.1. The van der Waals surface area contributed by atoms with Crippen LogP contribution in [0.4, 0.5) is 0 Å². The number of aliphatic hydroxyl groups excluding tert-OH is 1. The Balaban J connectivity index is 1.67. The van der Waals surface area contributed by atoms with Crippen LogP contribution in [0, 0.1) is 0 Å². The van der Waals surface area contributed by atoms with Gasteiger partial charge < -0.3 is 19.5 Å². The van der Waals surface area contributed by atoms with E-state index in [0.29, 0.717) is 36.6 Å². The normalized spacial score (nSPS) is 19.2. The van der Waals surface area contributed by atoms with Crippen molar-refractivity contribution in [2.24, 2.45) is 0 Å². The van der Waals surface area contributed by atoms with Crippen LogP contribution in [0.25, 0.3) is 0 Å². The number of para-hydroxylation sites is 1. The molecule has 1 unspecified atom stereocenters. The molecule has 0 bridgehead atoms. The van der Waals surface area contributed by atoms with E-state index < -0.39 is 6.10 Å². The number of benzene rings is 2. The van der Waals surface area contributed by atoms with Gasteiger partial charge >= 0.3 is 0 Å². The molecule has 1 amide bonds. The van der Waals surface area contributed by atoms with Crippen molar-refractivity contribution < 1.29 is 19.4 Å². The maximum atomic E-state index is 12.9. The molecule has 5 nitrogen and oxygen atoms in total. The zero-order valence-corrected chi connectivity index (χ0v) is 12.6. The third kappa shape index (κ3) is 2.43. The second kappa shape index (κ2) is 5.59. The van der Waals surface area contributed by atoms with E-state index >= 15 is 0 Å². The molecule has 0 fully saturated rings. The van der Waals surface area contributed by atoms with Crippen LogP contribution in [0.1, 0.15) is 34.0 Å². The molecule has 1 atom stereocenters. The zero-order chi connectivity index (χ0) is 15.8. The minimum Gasteiger partial charge on any atom is -0.454 e. The van der Waals surface area contributed by atoms with Crippen molar-refractivity contribution in [3.05, 3.63) is 59.2 Å². The number of carbonyl (C=O) groups is 1. The largest absolute Gasteiger partial charge is 0.454 e. The summed E-state index contributed by atoms with van der Waals surface area (Å²) in [7, 11) is 0. The highest BCUT2D eigenvalue weighted by Crippen LogP contribution is 2.36. The van der Waals surface area contributed by atoms with Gasteiger partial charge in [0.25, 0.3) is 5.91 Å². The first-order valence-corrected chi connectivity index (χ1v) is 7.68. The van der Waals surface area contributed by atoms with Crippen molar-refractivity contribution in [3.8, 4) is 11.5 Å². The molecule has 0 saturated heterocycles. The van der Waals surface area contributed by atoms with Gasteiger partial charge in [-0.3, -0.25) is 4.79 Å². The molecule has 2 aromatic rings. The molecule has 23 heavy (non-hydrogen) atoms. The predicted molar refractivity (Wildman–Crippen MR) is 83.3 cm³/mol. The van der Waals surface area contributed by atoms with E-state index in [1.54, 1.807) is 23.1 Å². The summed E-state index contributed by atoms with van der Waals surface area (Å²) < 4.78 is 10.8. The van der Waals surface area contributed by atoms with Crippen LogP contribution >= 0.6 is 0 Å². The number of carbonyl (C=O) groups excluding carboxylic acids is 1. The number of aliphatic hydroxyl groups is 1. The molecule has 0 radical (unpaired) electrons. The average molecular weight is 311 g/mol. The van der Waals surface area contributed by atoms with Crippen LogP contribution in [0.15, 0.2) is 42.5 Å². The van der Waals surface area contributed by atoms with Crippen LogP contribution in [0.2, 0.25) is 0 Å². The van der Waals surface area contributed by atoms with E-state index in [-0.39, 0.29) is 12.7 Å². The topological polar surface area (TPSA) is 59.0 Å². The third-order valence-electron chi connectivity index (χ3n) is 4.36. The lowest BCUT2D eigenvalue weighted by molar-refractivity contribution is 0.0718. The Morgan fingerprint density at radius 1 is 1.13 bits per heavy atom. The Morgan fingerprint density at radius 3 is 2.91 bits per heavy atom. The second-order valence-electron chi connectivity index (χ2n) is 5.77. The lowest BCUT2D eigenvalue weighted by Crippen LogP contribution is -2.31. The molecule has 5 heteroatoms. The van der Waals surface area contributed by atoms with Crippen molar-refractivity contribution in [3.63, 3.8) is 0 Å². The molecule has 118 valence electrons. The van der Waals surface area contributed by atoms with Crippen molar-refractivity contribution in [2.75, 3.05) is 13.3 Å². The molecule has 2 aliphatic rings. The maximum absolute atomic E-state index is 12.9. The van der Waals surface area contributed by atoms with Gasteiger partial charge in [0, 0.05) is 13.1 Å². The Labute approximate surface area is 134 Å². The Morgan fingerprint density at radius 2 is 2.00 bits per heavy atom. The van der Waals surface area contributed by atoms with E-state index in [4.69, 9.17) is 9.47 Å². The van der Waals surface area contributed by atoms with Crippen molar-refractivity contribution in [1.29, 1.82) is 0 Å². The molecule has 2 heterocycles. The lowest BCUT2D eigenvalue weighted by Gasteiger charge is -2.21. The number of hydrogen-bond donors (Lipinski definition) is 1. The van der Waals surface area contributed by atoms with Crippen molar-refractivity contribution in [1.82, 2.24) is 4.90 Å². The van der Waals surface area contributed by atoms with E-state index in [1.807, 2.05) is 24.3 Å². The van der Waals surface area contributed by atoms with Crippen LogP contribution in [-0.4, -0.2) is 29.3 Å². The monoisotopic (exact) mass is 311 g/mol. The third-order valence-corrected chi connectivity index (χ3v) is 4.36. The van der Waals surface area contributed by atoms with Gasteiger partial charge in [-0.2, -0.15) is 0 Å². The second-order valence-corrected chi connectivity index (χ2v) is 5.77. The number of fused-ring (bicyclic) bond motifs is 2. The molecule has 4 rings (SSSR count). The molecule has 2 aliphatic heterocycles. The number of nitrogens with zero attached hydrogens (tertiary/aromatic N) is 1. The highest BCUT2D eigenvalue weighted by atomic mass is 16.7. The SMILES string of the molecule is O=C(c1cccc2c1OCO2)N1CCC(O)c2ccccc2C1. The highest BCUT2D eigenvalue weighted by molar-refractivity contribution is 5.98. The first-order chi connectivity index (χ1) is 11.2. The van der Waals surface area contributed by atoms with Gasteiger partial charge in [-0.1, -0.05) is 30.3 Å². The molecule has 0 spiro atoms. The standard InChI is InChI=1S/C18H17NO4/c20-15-8-9-19(10-12-4-1-2-5-13(12)15)18(21)14-6-3-7-16-17(14)23-11-22-16/h1-7,15,20H,8-11H2. The van der Waals surface area contributed by atoms with Crippen molar-refractivity contribution in [2.45, 2.75) is 19.1 Å². The number of ether oxygens (including phenoxy) is 2. The quantitative estimate of drug-likeness (QED) is 0.879. The minimum absolute atomic E-state index is 0.101. The fourth-order valence-electron chi connectivity index (χ4n) is 3.16. The summed E-state index contributed by atoms with van der Waals surface area (Å²) in [6.07, 6.45) is -0.0140. The summed E-state index contributed by atoms with van der Waals surface area (Å²) in [6.45, 7) is 1.12. The Bertz CT molecular complexity index is 758. The van der Waals surface area contributed by atoms with Gasteiger partial charge in [0.1, 0.15) is 0 Å². The molecule has 2 aromatic carbocycles. The van der Waals surface area contributed by atoms with Gasteiger partial charge in [0.15, 0.2) is 11.5 Å². The summed E-state index contributed by atoms with van der Waals surface area (Å²) in [5, 5.41) is 10.3. The van der Waals surface area contributed by atoms with Gasteiger partial charge in [0.05, 0.1) is 11.7 Å². The van der Waals surface area contributed by atoms with E-state index in [9.17, 15) is 9.90 Å². The van der Waals surface area contributed by atoms with E-state index in [2.05, 4.69) is 0 Å². The van der Waals surface area contributed by atoms with Crippen LogP contribution in [0.5, 0.6) is 11.5 Å². The summed E-state index contributed by atoms with van der Waals surface area (Å²) in [5.41, 5.74) is 2.39. The first-order valence-electron chi connectivity index (χ1n) is 7.68. The maximum Gasteiger partial charge on any atom is 0.258 e. The molecule has 0 saturated carbocycles. The lowest BCUT2D eigenvalue weighted by atomic mass is 10.0. The predicted octanol–water partition coefficient (Wildman–Crippen LogP) is 2.49. The highest BCUT2D eigenvalue weighted by Gasteiger charge is 2.28. The summed E-state index contributed by atoms with van der Waals surface area (Å²) in [4.78, 5) is 14.7. The Kier molecular flexibility index (Phi) is 3.42. The van der Waals surface area contributed by atoms with Gasteiger partial charge in [-0.25, -0.2) is 0 Å². The fraction of sp³-hybridized carbons (Fsp3) is 0.278. The van der Waals surface area contributed by atoms with E-state index in [1.165, 1.54) is 0 Å².